The third-order valence-electron chi connectivity index (χ3n) is 5.03. The van der Waals surface area contributed by atoms with E-state index < -0.39 is 12.1 Å². The summed E-state index contributed by atoms with van der Waals surface area (Å²) in [6, 6.07) is 14.8. The number of aryl methyl sites for hydroxylation is 1. The zero-order chi connectivity index (χ0) is 20.2. The molecule has 0 fully saturated rings. The van der Waals surface area contributed by atoms with Gasteiger partial charge in [-0.1, -0.05) is 30.3 Å². The molecule has 1 heterocycles. The van der Waals surface area contributed by atoms with Gasteiger partial charge in [0.15, 0.2) is 6.10 Å². The van der Waals surface area contributed by atoms with Crippen molar-refractivity contribution in [3.8, 4) is 5.69 Å². The van der Waals surface area contributed by atoms with Gasteiger partial charge < -0.3 is 10.1 Å². The molecule has 1 aromatic heterocycles. The summed E-state index contributed by atoms with van der Waals surface area (Å²) in [4.78, 5) is 25.1. The summed E-state index contributed by atoms with van der Waals surface area (Å²) in [6.45, 7) is 1.58. The van der Waals surface area contributed by atoms with Crippen LogP contribution in [0.25, 0.3) is 5.69 Å². The number of carbonyl (C=O) groups excluding carboxylic acids is 2. The van der Waals surface area contributed by atoms with Crippen molar-refractivity contribution in [2.24, 2.45) is 0 Å². The number of tetrazole rings is 1. The molecular formula is C21H21N5O3. The first-order valence-corrected chi connectivity index (χ1v) is 9.54. The topological polar surface area (TPSA) is 99.0 Å². The van der Waals surface area contributed by atoms with Crippen LogP contribution in [0.2, 0.25) is 0 Å². The maximum Gasteiger partial charge on any atom is 0.338 e. The lowest BCUT2D eigenvalue weighted by Crippen LogP contribution is -2.39. The quantitative estimate of drug-likeness (QED) is 0.671. The predicted molar refractivity (Wildman–Crippen MR) is 104 cm³/mol. The van der Waals surface area contributed by atoms with Crippen LogP contribution in [0.1, 0.15) is 47.3 Å². The van der Waals surface area contributed by atoms with E-state index in [2.05, 4.69) is 26.9 Å². The van der Waals surface area contributed by atoms with Gasteiger partial charge in [0.25, 0.3) is 5.91 Å². The largest absolute Gasteiger partial charge is 0.449 e. The molecule has 3 aromatic rings. The van der Waals surface area contributed by atoms with Gasteiger partial charge in [-0.15, -0.1) is 5.10 Å². The summed E-state index contributed by atoms with van der Waals surface area (Å²) >= 11 is 0. The van der Waals surface area contributed by atoms with Gasteiger partial charge in [0.05, 0.1) is 17.3 Å². The van der Waals surface area contributed by atoms with Crippen molar-refractivity contribution in [1.29, 1.82) is 0 Å². The minimum Gasteiger partial charge on any atom is -0.449 e. The molecular weight excluding hydrogens is 370 g/mol. The number of aromatic nitrogens is 4. The second-order valence-corrected chi connectivity index (χ2v) is 7.00. The molecule has 0 radical (unpaired) electrons. The number of ether oxygens (including phenoxy) is 1. The Balaban J connectivity index is 1.41. The first kappa shape index (κ1) is 18.8. The summed E-state index contributed by atoms with van der Waals surface area (Å²) in [5.74, 6) is -0.886. The van der Waals surface area contributed by atoms with E-state index in [4.69, 9.17) is 4.74 Å². The van der Waals surface area contributed by atoms with Crippen LogP contribution in [0.3, 0.4) is 0 Å². The molecule has 0 saturated heterocycles. The molecule has 4 rings (SSSR count). The van der Waals surface area contributed by atoms with Crippen molar-refractivity contribution < 1.29 is 14.3 Å². The molecule has 0 bridgehead atoms. The summed E-state index contributed by atoms with van der Waals surface area (Å²) in [6.07, 6.45) is 3.43. The van der Waals surface area contributed by atoms with Crippen molar-refractivity contribution in [2.45, 2.75) is 38.3 Å². The van der Waals surface area contributed by atoms with Crippen LogP contribution < -0.4 is 5.32 Å². The van der Waals surface area contributed by atoms with Gasteiger partial charge in [-0.25, -0.2) is 9.48 Å². The Kier molecular flexibility index (Phi) is 5.33. The molecule has 0 spiro atoms. The van der Waals surface area contributed by atoms with Gasteiger partial charge in [0, 0.05) is 0 Å². The highest BCUT2D eigenvalue weighted by Gasteiger charge is 2.25. The average molecular weight is 391 g/mol. The van der Waals surface area contributed by atoms with Crippen LogP contribution in [-0.2, 0) is 16.0 Å². The van der Waals surface area contributed by atoms with Crippen LogP contribution in [0.4, 0.5) is 0 Å². The third-order valence-corrected chi connectivity index (χ3v) is 5.03. The number of fused-ring (bicyclic) bond motifs is 1. The number of rotatable bonds is 5. The highest BCUT2D eigenvalue weighted by molar-refractivity contribution is 5.92. The zero-order valence-electron chi connectivity index (χ0n) is 16.0. The van der Waals surface area contributed by atoms with Gasteiger partial charge in [-0.2, -0.15) is 0 Å². The number of benzene rings is 2. The molecule has 29 heavy (non-hydrogen) atoms. The zero-order valence-corrected chi connectivity index (χ0v) is 16.0. The van der Waals surface area contributed by atoms with Crippen molar-refractivity contribution in [2.75, 3.05) is 0 Å². The first-order valence-electron chi connectivity index (χ1n) is 9.54. The lowest BCUT2D eigenvalue weighted by molar-refractivity contribution is -0.130. The van der Waals surface area contributed by atoms with E-state index in [1.54, 1.807) is 31.2 Å². The molecule has 148 valence electrons. The van der Waals surface area contributed by atoms with E-state index in [0.717, 1.165) is 24.8 Å². The fraction of sp³-hybridized carbons (Fsp3) is 0.286. The average Bonchev–Trinajstić information content (AvgIpc) is 3.29. The summed E-state index contributed by atoms with van der Waals surface area (Å²) in [5.41, 5.74) is 3.34. The van der Waals surface area contributed by atoms with Gasteiger partial charge in [-0.3, -0.25) is 4.79 Å². The van der Waals surface area contributed by atoms with Crippen molar-refractivity contribution >= 4 is 11.9 Å². The molecule has 1 amide bonds. The van der Waals surface area contributed by atoms with Gasteiger partial charge in [0.1, 0.15) is 6.33 Å². The summed E-state index contributed by atoms with van der Waals surface area (Å²) in [5, 5.41) is 14.0. The van der Waals surface area contributed by atoms with Crippen molar-refractivity contribution in [3.63, 3.8) is 0 Å². The first-order chi connectivity index (χ1) is 14.1. The number of esters is 1. The molecule has 1 aliphatic carbocycles. The van der Waals surface area contributed by atoms with E-state index >= 15 is 0 Å². The number of nitrogens with zero attached hydrogens (tertiary/aromatic N) is 4. The standard InChI is InChI=1S/C21H21N5O3/c1-14(20(27)23-19-11-5-7-15-6-2-3-10-18(15)19)29-21(28)16-8-4-9-17(12-16)26-13-22-24-25-26/h2-4,6,8-10,12-14,19H,5,7,11H2,1H3,(H,23,27)/t14-,19+/m0/s1. The highest BCUT2D eigenvalue weighted by atomic mass is 16.5. The number of carbonyl (C=O) groups is 2. The lowest BCUT2D eigenvalue weighted by atomic mass is 9.87. The third kappa shape index (κ3) is 4.16. The lowest BCUT2D eigenvalue weighted by Gasteiger charge is -2.27. The fourth-order valence-corrected chi connectivity index (χ4v) is 3.53. The number of nitrogens with one attached hydrogen (secondary N) is 1. The Morgan fingerprint density at radius 1 is 1.21 bits per heavy atom. The SMILES string of the molecule is C[C@H](OC(=O)c1cccc(-n2cnnn2)c1)C(=O)N[C@@H]1CCCc2ccccc21. The normalized spacial score (nSPS) is 16.5. The van der Waals surface area contributed by atoms with Crippen molar-refractivity contribution in [3.05, 3.63) is 71.5 Å². The van der Waals surface area contributed by atoms with Gasteiger partial charge in [-0.05, 0) is 65.9 Å². The van der Waals surface area contributed by atoms with Crippen LogP contribution in [0, 0.1) is 0 Å². The maximum absolute atomic E-state index is 12.6. The van der Waals surface area contributed by atoms with E-state index in [1.165, 1.54) is 16.6 Å². The highest BCUT2D eigenvalue weighted by Crippen LogP contribution is 2.29. The molecule has 8 heteroatoms. The van der Waals surface area contributed by atoms with Gasteiger partial charge >= 0.3 is 5.97 Å². The Hall–Kier alpha value is -3.55. The summed E-state index contributed by atoms with van der Waals surface area (Å²) < 4.78 is 6.83. The number of hydrogen-bond acceptors (Lipinski definition) is 6. The molecule has 1 aliphatic rings. The molecule has 8 nitrogen and oxygen atoms in total. The van der Waals surface area contributed by atoms with Crippen LogP contribution >= 0.6 is 0 Å². The second kappa shape index (κ2) is 8.22. The van der Waals surface area contributed by atoms with Crippen molar-refractivity contribution in [1.82, 2.24) is 25.5 Å². The molecule has 2 atom stereocenters. The molecule has 1 N–H and O–H groups in total. The molecule has 2 aromatic carbocycles. The molecule has 0 unspecified atom stereocenters. The fourth-order valence-electron chi connectivity index (χ4n) is 3.53. The van der Waals surface area contributed by atoms with Crippen LogP contribution in [-0.4, -0.2) is 38.2 Å². The van der Waals surface area contributed by atoms with Gasteiger partial charge in [0.2, 0.25) is 0 Å². The second-order valence-electron chi connectivity index (χ2n) is 7.00. The Labute approximate surface area is 167 Å². The minimum atomic E-state index is -0.909. The molecule has 0 saturated carbocycles. The monoisotopic (exact) mass is 391 g/mol. The van der Waals surface area contributed by atoms with E-state index in [1.807, 2.05) is 18.2 Å². The smallest absolute Gasteiger partial charge is 0.338 e. The molecule has 0 aliphatic heterocycles. The van der Waals surface area contributed by atoms with Crippen LogP contribution in [0.5, 0.6) is 0 Å². The maximum atomic E-state index is 12.6. The Bertz CT molecular complexity index is 1020. The van der Waals surface area contributed by atoms with E-state index in [-0.39, 0.29) is 11.9 Å². The Morgan fingerprint density at radius 3 is 2.90 bits per heavy atom. The van der Waals surface area contributed by atoms with E-state index in [9.17, 15) is 9.59 Å². The number of hydrogen-bond donors (Lipinski definition) is 1. The Morgan fingerprint density at radius 2 is 2.07 bits per heavy atom. The minimum absolute atomic E-state index is 0.0586. The number of amides is 1. The van der Waals surface area contributed by atoms with E-state index in [0.29, 0.717) is 11.3 Å². The summed E-state index contributed by atoms with van der Waals surface area (Å²) in [7, 11) is 0. The van der Waals surface area contributed by atoms with Crippen LogP contribution in [0.15, 0.2) is 54.9 Å². The predicted octanol–water partition coefficient (Wildman–Crippen LogP) is 2.40.